The number of ether oxygens (including phenoxy) is 5. The Hall–Kier alpha value is -3.10. The first kappa shape index (κ1) is 27.5. The van der Waals surface area contributed by atoms with Gasteiger partial charge in [-0.05, 0) is 67.8 Å². The number of rotatable bonds is 10. The van der Waals surface area contributed by atoms with Gasteiger partial charge in [0.2, 0.25) is 5.79 Å². The highest BCUT2D eigenvalue weighted by molar-refractivity contribution is 5.44. The maximum atomic E-state index is 10.7. The third-order valence-electron chi connectivity index (χ3n) is 6.91. The van der Waals surface area contributed by atoms with Gasteiger partial charge in [0, 0.05) is 26.0 Å². The molecule has 208 valence electrons. The third kappa shape index (κ3) is 7.31. The van der Waals surface area contributed by atoms with Crippen molar-refractivity contribution in [3.05, 3.63) is 88.0 Å². The van der Waals surface area contributed by atoms with Crippen LogP contribution in [0.25, 0.3) is 0 Å². The molecule has 39 heavy (non-hydrogen) atoms. The molecule has 7 nitrogen and oxygen atoms in total. The summed E-state index contributed by atoms with van der Waals surface area (Å²) in [6.07, 6.45) is 0.0402. The van der Waals surface area contributed by atoms with Crippen LogP contribution in [0.1, 0.15) is 53.3 Å². The lowest BCUT2D eigenvalue weighted by molar-refractivity contribution is -0.180. The lowest BCUT2D eigenvalue weighted by atomic mass is 10.0. The first-order chi connectivity index (χ1) is 18.7. The van der Waals surface area contributed by atoms with Crippen molar-refractivity contribution in [1.82, 2.24) is 5.32 Å². The molecule has 0 bridgehead atoms. The van der Waals surface area contributed by atoms with Gasteiger partial charge in [0.05, 0.1) is 25.9 Å². The van der Waals surface area contributed by atoms with E-state index in [0.29, 0.717) is 33.0 Å². The molecule has 0 spiro atoms. The number of aliphatic hydroxyl groups excluding tert-OH is 1. The van der Waals surface area contributed by atoms with E-state index in [2.05, 4.69) is 43.4 Å². The van der Waals surface area contributed by atoms with Gasteiger partial charge in [-0.25, -0.2) is 0 Å². The van der Waals surface area contributed by atoms with Crippen LogP contribution in [0, 0.1) is 13.8 Å². The number of fused-ring (bicyclic) bond motifs is 2. The van der Waals surface area contributed by atoms with Crippen molar-refractivity contribution in [1.29, 1.82) is 0 Å². The fraction of sp³-hybridized carbons (Fsp3) is 0.438. The fourth-order valence-corrected chi connectivity index (χ4v) is 5.01. The number of nitrogens with one attached hydrogen (secondary N) is 1. The lowest BCUT2D eigenvalue weighted by Crippen LogP contribution is -2.35. The molecule has 2 aliphatic heterocycles. The van der Waals surface area contributed by atoms with E-state index in [4.69, 9.17) is 23.7 Å². The van der Waals surface area contributed by atoms with E-state index in [1.807, 2.05) is 44.2 Å². The summed E-state index contributed by atoms with van der Waals surface area (Å²) in [5.74, 6) is 1.69. The molecule has 2 atom stereocenters. The SMILES string of the molecule is Cc1cc(C)cc(COC[C@@H]2COc3ccc(CCNC[C@H](O)c4ccc5c(c4)COC(C)(C)O5)cc3O2)c1. The van der Waals surface area contributed by atoms with E-state index in [-0.39, 0.29) is 6.10 Å². The van der Waals surface area contributed by atoms with Crippen LogP contribution in [0.15, 0.2) is 54.6 Å². The summed E-state index contributed by atoms with van der Waals surface area (Å²) in [4.78, 5) is 0. The van der Waals surface area contributed by atoms with Crippen molar-refractivity contribution < 1.29 is 28.8 Å². The maximum Gasteiger partial charge on any atom is 0.205 e. The second-order valence-corrected chi connectivity index (χ2v) is 11.0. The molecule has 0 amide bonds. The minimum absolute atomic E-state index is 0.148. The standard InChI is InChI=1S/C32H39NO6/c1-21-11-22(2)13-24(12-21)17-35-19-27-20-36-30-7-5-23(14-31(30)38-27)9-10-33-16-28(34)25-6-8-29-26(15-25)18-37-32(3,4)39-29/h5-8,11-15,27-28,33-34H,9-10,16-20H2,1-4H3/t27-,28+/m1/s1. The Labute approximate surface area is 231 Å². The largest absolute Gasteiger partial charge is 0.486 e. The molecule has 2 aliphatic rings. The molecule has 5 rings (SSSR count). The average molecular weight is 534 g/mol. The minimum atomic E-state index is -0.627. The minimum Gasteiger partial charge on any atom is -0.486 e. The van der Waals surface area contributed by atoms with Gasteiger partial charge in [0.15, 0.2) is 17.6 Å². The molecule has 2 N–H and O–H groups in total. The normalized spacial score (nSPS) is 18.2. The zero-order valence-electron chi connectivity index (χ0n) is 23.3. The molecule has 0 saturated heterocycles. The monoisotopic (exact) mass is 533 g/mol. The Bertz CT molecular complexity index is 1270. The van der Waals surface area contributed by atoms with E-state index < -0.39 is 11.9 Å². The first-order valence-corrected chi connectivity index (χ1v) is 13.7. The highest BCUT2D eigenvalue weighted by Gasteiger charge is 2.27. The Morgan fingerprint density at radius 3 is 2.59 bits per heavy atom. The number of aryl methyl sites for hydroxylation is 2. The van der Waals surface area contributed by atoms with Crippen LogP contribution < -0.4 is 19.5 Å². The first-order valence-electron chi connectivity index (χ1n) is 13.7. The van der Waals surface area contributed by atoms with E-state index >= 15 is 0 Å². The topological polar surface area (TPSA) is 78.4 Å². The van der Waals surface area contributed by atoms with Crippen molar-refractivity contribution in [3.63, 3.8) is 0 Å². The van der Waals surface area contributed by atoms with Crippen molar-refractivity contribution in [2.24, 2.45) is 0 Å². The van der Waals surface area contributed by atoms with E-state index in [9.17, 15) is 5.11 Å². The van der Waals surface area contributed by atoms with Crippen molar-refractivity contribution in [3.8, 4) is 17.2 Å². The van der Waals surface area contributed by atoms with E-state index in [1.54, 1.807) is 0 Å². The number of hydrogen-bond acceptors (Lipinski definition) is 7. The zero-order chi connectivity index (χ0) is 27.4. The predicted molar refractivity (Wildman–Crippen MR) is 149 cm³/mol. The predicted octanol–water partition coefficient (Wildman–Crippen LogP) is 5.17. The van der Waals surface area contributed by atoms with Gasteiger partial charge >= 0.3 is 0 Å². The van der Waals surface area contributed by atoms with Gasteiger partial charge in [0.25, 0.3) is 0 Å². The summed E-state index contributed by atoms with van der Waals surface area (Å²) in [6, 6.07) is 18.3. The van der Waals surface area contributed by atoms with Crippen molar-refractivity contribution in [2.75, 3.05) is 26.3 Å². The summed E-state index contributed by atoms with van der Waals surface area (Å²) in [5, 5.41) is 14.0. The molecule has 0 aromatic heterocycles. The van der Waals surface area contributed by atoms with Gasteiger partial charge in [0.1, 0.15) is 12.4 Å². The Morgan fingerprint density at radius 1 is 0.974 bits per heavy atom. The molecule has 2 heterocycles. The molecule has 0 saturated carbocycles. The Kier molecular flexibility index (Phi) is 8.43. The van der Waals surface area contributed by atoms with Crippen LogP contribution in [-0.4, -0.2) is 43.3 Å². The molecular weight excluding hydrogens is 494 g/mol. The maximum absolute atomic E-state index is 10.7. The summed E-state index contributed by atoms with van der Waals surface area (Å²) in [7, 11) is 0. The second-order valence-electron chi connectivity index (χ2n) is 11.0. The van der Waals surface area contributed by atoms with E-state index in [1.165, 1.54) is 16.7 Å². The molecule has 3 aromatic carbocycles. The molecule has 0 radical (unpaired) electrons. The van der Waals surface area contributed by atoms with Crippen LogP contribution in [0.2, 0.25) is 0 Å². The Balaban J connectivity index is 1.06. The number of aliphatic hydroxyl groups is 1. The van der Waals surface area contributed by atoms with Gasteiger partial charge < -0.3 is 34.1 Å². The van der Waals surface area contributed by atoms with Gasteiger partial charge in [-0.2, -0.15) is 0 Å². The second kappa shape index (κ2) is 12.0. The highest BCUT2D eigenvalue weighted by atomic mass is 16.7. The number of benzene rings is 3. The van der Waals surface area contributed by atoms with Crippen LogP contribution in [-0.2, 0) is 29.1 Å². The molecule has 0 aliphatic carbocycles. The Morgan fingerprint density at radius 2 is 1.77 bits per heavy atom. The summed E-state index contributed by atoms with van der Waals surface area (Å²) >= 11 is 0. The van der Waals surface area contributed by atoms with E-state index in [0.717, 1.165) is 46.9 Å². The van der Waals surface area contributed by atoms with Crippen LogP contribution in [0.5, 0.6) is 17.2 Å². The van der Waals surface area contributed by atoms with Crippen LogP contribution >= 0.6 is 0 Å². The average Bonchev–Trinajstić information content (AvgIpc) is 2.89. The zero-order valence-corrected chi connectivity index (χ0v) is 23.3. The van der Waals surface area contributed by atoms with Gasteiger partial charge in [-0.3, -0.25) is 0 Å². The summed E-state index contributed by atoms with van der Waals surface area (Å²) in [6.45, 7) is 11.1. The lowest BCUT2D eigenvalue weighted by Gasteiger charge is -2.33. The van der Waals surface area contributed by atoms with Crippen LogP contribution in [0.3, 0.4) is 0 Å². The third-order valence-corrected chi connectivity index (χ3v) is 6.91. The smallest absolute Gasteiger partial charge is 0.205 e. The van der Waals surface area contributed by atoms with Gasteiger partial charge in [-0.15, -0.1) is 0 Å². The molecule has 7 heteroatoms. The van der Waals surface area contributed by atoms with Crippen LogP contribution in [0.4, 0.5) is 0 Å². The summed E-state index contributed by atoms with van der Waals surface area (Å²) < 4.78 is 29.6. The molecule has 0 fully saturated rings. The molecule has 0 unspecified atom stereocenters. The summed E-state index contributed by atoms with van der Waals surface area (Å²) in [5.41, 5.74) is 6.59. The highest BCUT2D eigenvalue weighted by Crippen LogP contribution is 2.34. The van der Waals surface area contributed by atoms with Gasteiger partial charge in [-0.1, -0.05) is 41.5 Å². The van der Waals surface area contributed by atoms with Crippen molar-refractivity contribution >= 4 is 0 Å². The molecular formula is C32H39NO6. The number of hydrogen-bond donors (Lipinski definition) is 2. The fourth-order valence-electron chi connectivity index (χ4n) is 5.01. The molecule has 3 aromatic rings. The quantitative estimate of drug-likeness (QED) is 0.348. The van der Waals surface area contributed by atoms with Crippen molar-refractivity contribution in [2.45, 2.75) is 65.3 Å².